The van der Waals surface area contributed by atoms with Crippen molar-refractivity contribution >= 4 is 17.7 Å². The second kappa shape index (κ2) is 5.74. The number of carbonyl (C=O) groups excluding carboxylic acids is 1. The maximum atomic E-state index is 13.5. The summed E-state index contributed by atoms with van der Waals surface area (Å²) in [5, 5.41) is 2.87. The molecular weight excluding hydrogens is 249 g/mol. The highest BCUT2D eigenvalue weighted by Crippen LogP contribution is 2.39. The first-order valence-electron chi connectivity index (χ1n) is 6.25. The topological polar surface area (TPSA) is 29.1 Å². The number of carbonyl (C=O) groups is 1. The van der Waals surface area contributed by atoms with Gasteiger partial charge in [0.25, 0.3) is 5.91 Å². The maximum Gasteiger partial charge on any atom is 0.254 e. The Hall–Kier alpha value is -1.03. The van der Waals surface area contributed by atoms with Crippen LogP contribution in [0.4, 0.5) is 4.39 Å². The van der Waals surface area contributed by atoms with Crippen LogP contribution < -0.4 is 5.32 Å². The quantitative estimate of drug-likeness (QED) is 0.907. The molecule has 0 radical (unpaired) electrons. The monoisotopic (exact) mass is 267 g/mol. The summed E-state index contributed by atoms with van der Waals surface area (Å²) in [7, 11) is 0. The zero-order valence-electron chi connectivity index (χ0n) is 10.5. The molecule has 1 aromatic carbocycles. The fourth-order valence-electron chi connectivity index (χ4n) is 2.45. The van der Waals surface area contributed by atoms with Gasteiger partial charge in [0.15, 0.2) is 0 Å². The summed E-state index contributed by atoms with van der Waals surface area (Å²) in [4.78, 5) is 11.9. The van der Waals surface area contributed by atoms with E-state index >= 15 is 0 Å². The van der Waals surface area contributed by atoms with Crippen LogP contribution in [-0.2, 0) is 0 Å². The molecule has 0 saturated heterocycles. The molecule has 0 bridgehead atoms. The lowest BCUT2D eigenvalue weighted by Gasteiger charge is -2.26. The standard InChI is InChI=1S/C14H18FNOS/c1-18-14(8-4-5-9-14)10-16-13(17)11-6-2-3-7-12(11)15/h2-3,6-7H,4-5,8-10H2,1H3,(H,16,17). The molecule has 0 heterocycles. The minimum Gasteiger partial charge on any atom is -0.351 e. The van der Waals surface area contributed by atoms with Gasteiger partial charge in [-0.2, -0.15) is 11.8 Å². The maximum absolute atomic E-state index is 13.5. The third-order valence-corrected chi connectivity index (χ3v) is 5.06. The van der Waals surface area contributed by atoms with Crippen LogP contribution in [0.15, 0.2) is 24.3 Å². The van der Waals surface area contributed by atoms with Crippen molar-refractivity contribution in [2.75, 3.05) is 12.8 Å². The molecule has 1 N–H and O–H groups in total. The Kier molecular flexibility index (Phi) is 4.27. The molecule has 1 fully saturated rings. The highest BCUT2D eigenvalue weighted by atomic mass is 32.2. The second-order valence-corrected chi connectivity index (χ2v) is 6.03. The van der Waals surface area contributed by atoms with Crippen LogP contribution in [0.2, 0.25) is 0 Å². The summed E-state index contributed by atoms with van der Waals surface area (Å²) >= 11 is 1.81. The first-order valence-corrected chi connectivity index (χ1v) is 7.47. The number of benzene rings is 1. The Bertz CT molecular complexity index is 430. The van der Waals surface area contributed by atoms with E-state index in [-0.39, 0.29) is 16.2 Å². The van der Waals surface area contributed by atoms with Crippen LogP contribution in [0.1, 0.15) is 36.0 Å². The van der Waals surface area contributed by atoms with Gasteiger partial charge in [0.05, 0.1) is 5.56 Å². The fourth-order valence-corrected chi connectivity index (χ4v) is 3.37. The number of hydrogen-bond acceptors (Lipinski definition) is 2. The van der Waals surface area contributed by atoms with E-state index in [0.29, 0.717) is 6.54 Å². The summed E-state index contributed by atoms with van der Waals surface area (Å²) in [6.07, 6.45) is 6.78. The van der Waals surface area contributed by atoms with E-state index in [9.17, 15) is 9.18 Å². The van der Waals surface area contributed by atoms with Crippen molar-refractivity contribution in [3.05, 3.63) is 35.6 Å². The van der Waals surface area contributed by atoms with Crippen molar-refractivity contribution in [3.63, 3.8) is 0 Å². The largest absolute Gasteiger partial charge is 0.351 e. The zero-order valence-corrected chi connectivity index (χ0v) is 11.4. The Morgan fingerprint density at radius 2 is 2.06 bits per heavy atom. The molecule has 0 atom stereocenters. The van der Waals surface area contributed by atoms with Gasteiger partial charge in [-0.25, -0.2) is 4.39 Å². The third-order valence-electron chi connectivity index (χ3n) is 3.64. The van der Waals surface area contributed by atoms with Gasteiger partial charge in [0, 0.05) is 11.3 Å². The molecular formula is C14H18FNOS. The molecule has 1 saturated carbocycles. The lowest BCUT2D eigenvalue weighted by Crippen LogP contribution is -2.38. The van der Waals surface area contributed by atoms with Crippen LogP contribution in [0.3, 0.4) is 0 Å². The number of halogens is 1. The van der Waals surface area contributed by atoms with Crippen molar-refractivity contribution in [2.45, 2.75) is 30.4 Å². The normalized spacial score (nSPS) is 17.7. The van der Waals surface area contributed by atoms with Gasteiger partial charge in [-0.1, -0.05) is 25.0 Å². The van der Waals surface area contributed by atoms with Crippen molar-refractivity contribution in [3.8, 4) is 0 Å². The average Bonchev–Trinajstić information content (AvgIpc) is 2.86. The predicted octanol–water partition coefficient (Wildman–Crippen LogP) is 3.23. The molecule has 0 aromatic heterocycles. The Morgan fingerprint density at radius 1 is 1.39 bits per heavy atom. The highest BCUT2D eigenvalue weighted by Gasteiger charge is 2.33. The number of hydrogen-bond donors (Lipinski definition) is 1. The molecule has 1 aliphatic carbocycles. The summed E-state index contributed by atoms with van der Waals surface area (Å²) in [5.74, 6) is -0.770. The van der Waals surface area contributed by atoms with Crippen molar-refractivity contribution < 1.29 is 9.18 Å². The van der Waals surface area contributed by atoms with Gasteiger partial charge in [-0.15, -0.1) is 0 Å². The SMILES string of the molecule is CSC1(CNC(=O)c2ccccc2F)CCCC1. The van der Waals surface area contributed by atoms with E-state index in [4.69, 9.17) is 0 Å². The molecule has 2 nitrogen and oxygen atoms in total. The van der Waals surface area contributed by atoms with Crippen LogP contribution >= 0.6 is 11.8 Å². The lowest BCUT2D eigenvalue weighted by molar-refractivity contribution is 0.0945. The summed E-state index contributed by atoms with van der Waals surface area (Å²) in [5.41, 5.74) is 0.131. The summed E-state index contributed by atoms with van der Waals surface area (Å²) < 4.78 is 13.6. The lowest BCUT2D eigenvalue weighted by atomic mass is 10.1. The smallest absolute Gasteiger partial charge is 0.254 e. The minimum atomic E-state index is -0.459. The minimum absolute atomic E-state index is 0.131. The number of rotatable bonds is 4. The third kappa shape index (κ3) is 2.86. The zero-order chi connectivity index (χ0) is 13.0. The number of amides is 1. The van der Waals surface area contributed by atoms with Crippen LogP contribution in [-0.4, -0.2) is 23.5 Å². The van der Waals surface area contributed by atoms with E-state index in [1.165, 1.54) is 25.0 Å². The van der Waals surface area contributed by atoms with Gasteiger partial charge >= 0.3 is 0 Å². The van der Waals surface area contributed by atoms with Crippen LogP contribution in [0.5, 0.6) is 0 Å². The molecule has 2 rings (SSSR count). The predicted molar refractivity (Wildman–Crippen MR) is 73.4 cm³/mol. The molecule has 1 aromatic rings. The van der Waals surface area contributed by atoms with E-state index < -0.39 is 5.82 Å². The van der Waals surface area contributed by atoms with Gasteiger partial charge in [0.2, 0.25) is 0 Å². The summed E-state index contributed by atoms with van der Waals surface area (Å²) in [6, 6.07) is 6.10. The average molecular weight is 267 g/mol. The Balaban J connectivity index is 1.98. The molecule has 98 valence electrons. The van der Waals surface area contributed by atoms with Gasteiger partial charge < -0.3 is 5.32 Å². The molecule has 0 aliphatic heterocycles. The van der Waals surface area contributed by atoms with Gasteiger partial charge in [-0.05, 0) is 31.2 Å². The van der Waals surface area contributed by atoms with Crippen molar-refractivity contribution in [1.29, 1.82) is 0 Å². The Labute approximate surface area is 111 Å². The molecule has 18 heavy (non-hydrogen) atoms. The fraction of sp³-hybridized carbons (Fsp3) is 0.500. The van der Waals surface area contributed by atoms with Gasteiger partial charge in [0.1, 0.15) is 5.82 Å². The highest BCUT2D eigenvalue weighted by molar-refractivity contribution is 8.00. The number of thioether (sulfide) groups is 1. The molecule has 1 amide bonds. The molecule has 0 spiro atoms. The second-order valence-electron chi connectivity index (χ2n) is 4.76. The molecule has 1 aliphatic rings. The van der Waals surface area contributed by atoms with E-state index in [0.717, 1.165) is 12.8 Å². The van der Waals surface area contributed by atoms with Crippen molar-refractivity contribution in [2.24, 2.45) is 0 Å². The van der Waals surface area contributed by atoms with Crippen molar-refractivity contribution in [1.82, 2.24) is 5.32 Å². The van der Waals surface area contributed by atoms with Crippen LogP contribution in [0, 0.1) is 5.82 Å². The van der Waals surface area contributed by atoms with E-state index in [1.807, 2.05) is 11.8 Å². The van der Waals surface area contributed by atoms with Gasteiger partial charge in [-0.3, -0.25) is 4.79 Å². The Morgan fingerprint density at radius 3 is 2.67 bits per heavy atom. The first kappa shape index (κ1) is 13.4. The first-order chi connectivity index (χ1) is 8.67. The van der Waals surface area contributed by atoms with E-state index in [1.54, 1.807) is 12.1 Å². The van der Waals surface area contributed by atoms with E-state index in [2.05, 4.69) is 11.6 Å². The molecule has 0 unspecified atom stereocenters. The molecule has 4 heteroatoms. The number of nitrogens with one attached hydrogen (secondary N) is 1. The summed E-state index contributed by atoms with van der Waals surface area (Å²) in [6.45, 7) is 0.626. The van der Waals surface area contributed by atoms with Crippen LogP contribution in [0.25, 0.3) is 0 Å².